The topological polar surface area (TPSA) is 78.2 Å². The van der Waals surface area contributed by atoms with Gasteiger partial charge in [0.2, 0.25) is 0 Å². The van der Waals surface area contributed by atoms with E-state index in [0.29, 0.717) is 0 Å². The van der Waals surface area contributed by atoms with Crippen LogP contribution in [0.3, 0.4) is 0 Å². The first kappa shape index (κ1) is 13.3. The molecule has 0 radical (unpaired) electrons. The molecule has 0 aliphatic heterocycles. The Morgan fingerprint density at radius 1 is 1.71 bits per heavy atom. The highest BCUT2D eigenvalue weighted by molar-refractivity contribution is 7.73. The van der Waals surface area contributed by atoms with Gasteiger partial charge in [-0.05, 0) is 6.42 Å². The van der Waals surface area contributed by atoms with E-state index >= 15 is 0 Å². The van der Waals surface area contributed by atoms with E-state index < -0.39 is 11.4 Å². The molecule has 14 heavy (non-hydrogen) atoms. The molecule has 0 aromatic carbocycles. The third kappa shape index (κ3) is 6.76. The molecule has 1 heterocycles. The van der Waals surface area contributed by atoms with Crippen molar-refractivity contribution in [1.82, 2.24) is 9.55 Å². The van der Waals surface area contributed by atoms with Crippen LogP contribution in [0.1, 0.15) is 25.6 Å². The summed E-state index contributed by atoms with van der Waals surface area (Å²) in [7, 11) is 2.04. The second kappa shape index (κ2) is 7.66. The Labute approximate surface area is 86.3 Å². The lowest BCUT2D eigenvalue weighted by Crippen LogP contribution is -1.96. The smallest absolute Gasteiger partial charge is 0.108 e. The van der Waals surface area contributed by atoms with E-state index in [9.17, 15) is 0 Å². The third-order valence-electron chi connectivity index (χ3n) is 1.67. The fourth-order valence-electron chi connectivity index (χ4n) is 0.972. The van der Waals surface area contributed by atoms with Gasteiger partial charge in [0.15, 0.2) is 0 Å². The van der Waals surface area contributed by atoms with Crippen LogP contribution in [0.25, 0.3) is 0 Å². The van der Waals surface area contributed by atoms with Crippen LogP contribution in [0.4, 0.5) is 0 Å². The largest absolute Gasteiger partial charge is 0.750 e. The maximum atomic E-state index is 8.56. The number of hydrogen-bond donors (Lipinski definition) is 1. The quantitative estimate of drug-likeness (QED) is 0.772. The van der Waals surface area contributed by atoms with Crippen molar-refractivity contribution in [3.63, 3.8) is 0 Å². The molecule has 6 heteroatoms. The Morgan fingerprint density at radius 3 is 2.64 bits per heavy atom. The van der Waals surface area contributed by atoms with Gasteiger partial charge in [-0.25, -0.2) is 9.19 Å². The summed E-state index contributed by atoms with van der Waals surface area (Å²) in [4.78, 5) is 4.22. The molecule has 82 valence electrons. The summed E-state index contributed by atoms with van der Waals surface area (Å²) in [5.74, 6) is 1.20. The fourth-order valence-corrected chi connectivity index (χ4v) is 0.972. The standard InChI is InChI=1S/C8H14N2.H2O3S/c1-3-4-5-8-9-6-7-10(8)2;1-4(2)3/h6-7H,3-5H2,1-2H3;(H2,1,2,3)/p-1. The minimum atomic E-state index is -2.86. The second-order valence-corrected chi connectivity index (χ2v) is 3.21. The monoisotopic (exact) mass is 219 g/mol. The van der Waals surface area contributed by atoms with Gasteiger partial charge in [0, 0.05) is 25.9 Å². The molecule has 1 atom stereocenters. The van der Waals surface area contributed by atoms with E-state index in [0.717, 1.165) is 6.42 Å². The third-order valence-corrected chi connectivity index (χ3v) is 1.67. The lowest BCUT2D eigenvalue weighted by atomic mass is 10.2. The summed E-state index contributed by atoms with van der Waals surface area (Å²) in [6.45, 7) is 2.20. The maximum absolute atomic E-state index is 8.56. The van der Waals surface area contributed by atoms with Crippen molar-refractivity contribution in [2.75, 3.05) is 0 Å². The van der Waals surface area contributed by atoms with Crippen LogP contribution in [-0.2, 0) is 24.8 Å². The minimum absolute atomic E-state index is 1.11. The summed E-state index contributed by atoms with van der Waals surface area (Å²) in [6, 6.07) is 0. The average molecular weight is 219 g/mol. The number of aryl methyl sites for hydroxylation is 2. The predicted octanol–water partition coefficient (Wildman–Crippen LogP) is 1.10. The Bertz CT molecular complexity index is 271. The first-order chi connectivity index (χ1) is 6.57. The molecule has 1 N–H and O–H groups in total. The van der Waals surface area contributed by atoms with Crippen LogP contribution in [0.2, 0.25) is 0 Å². The van der Waals surface area contributed by atoms with E-state index in [-0.39, 0.29) is 0 Å². The predicted molar refractivity (Wildman–Crippen MR) is 53.4 cm³/mol. The van der Waals surface area contributed by atoms with Gasteiger partial charge in [-0.2, -0.15) is 0 Å². The van der Waals surface area contributed by atoms with Crippen molar-refractivity contribution in [2.45, 2.75) is 26.2 Å². The molecule has 5 nitrogen and oxygen atoms in total. The number of hydrogen-bond acceptors (Lipinski definition) is 3. The van der Waals surface area contributed by atoms with Gasteiger partial charge in [0.25, 0.3) is 0 Å². The highest BCUT2D eigenvalue weighted by Gasteiger charge is 1.95. The van der Waals surface area contributed by atoms with Gasteiger partial charge in [-0.1, -0.05) is 13.3 Å². The lowest BCUT2D eigenvalue weighted by molar-refractivity contribution is 0.436. The number of aromatic nitrogens is 2. The molecule has 1 rings (SSSR count). The Kier molecular flexibility index (Phi) is 7.27. The Morgan fingerprint density at radius 2 is 2.29 bits per heavy atom. The van der Waals surface area contributed by atoms with Crippen LogP contribution < -0.4 is 0 Å². The van der Waals surface area contributed by atoms with Crippen molar-refractivity contribution in [2.24, 2.45) is 7.05 Å². The SMILES string of the molecule is CCCCc1nccn1C.O=S([O-])O. The zero-order valence-corrected chi connectivity index (χ0v) is 9.16. The van der Waals surface area contributed by atoms with E-state index in [4.69, 9.17) is 13.3 Å². The highest BCUT2D eigenvalue weighted by Crippen LogP contribution is 2.00. The summed E-state index contributed by atoms with van der Waals surface area (Å²) in [5, 5.41) is 0. The van der Waals surface area contributed by atoms with Gasteiger partial charge in [-0.15, -0.1) is 0 Å². The van der Waals surface area contributed by atoms with Crippen LogP contribution in [0, 0.1) is 0 Å². The molecular weight excluding hydrogens is 204 g/mol. The summed E-state index contributed by atoms with van der Waals surface area (Å²) < 4.78 is 26.2. The molecule has 0 aliphatic carbocycles. The van der Waals surface area contributed by atoms with Crippen LogP contribution in [-0.4, -0.2) is 22.9 Å². The van der Waals surface area contributed by atoms with Crippen molar-refractivity contribution in [3.8, 4) is 0 Å². The average Bonchev–Trinajstić information content (AvgIpc) is 2.47. The highest BCUT2D eigenvalue weighted by atomic mass is 32.2. The van der Waals surface area contributed by atoms with Gasteiger partial charge in [-0.3, -0.25) is 0 Å². The van der Waals surface area contributed by atoms with Crippen molar-refractivity contribution >= 4 is 11.4 Å². The molecule has 0 spiro atoms. The number of unbranched alkanes of at least 4 members (excludes halogenated alkanes) is 1. The normalized spacial score (nSPS) is 11.7. The molecule has 0 aliphatic rings. The van der Waals surface area contributed by atoms with Crippen LogP contribution in [0.15, 0.2) is 12.4 Å². The first-order valence-electron chi connectivity index (χ1n) is 4.32. The zero-order chi connectivity index (χ0) is 11.0. The van der Waals surface area contributed by atoms with Crippen molar-refractivity contribution in [3.05, 3.63) is 18.2 Å². The lowest BCUT2D eigenvalue weighted by Gasteiger charge is -1.97. The molecule has 0 bridgehead atoms. The van der Waals surface area contributed by atoms with E-state index in [1.807, 2.05) is 19.4 Å². The number of nitrogens with zero attached hydrogens (tertiary/aromatic N) is 2. The number of imidazole rings is 1. The summed E-state index contributed by atoms with van der Waals surface area (Å²) in [6.07, 6.45) is 7.44. The van der Waals surface area contributed by atoms with E-state index in [2.05, 4.69) is 16.5 Å². The van der Waals surface area contributed by atoms with Crippen LogP contribution in [0.5, 0.6) is 0 Å². The Balaban J connectivity index is 0.000000364. The number of rotatable bonds is 3. The molecule has 0 saturated carbocycles. The minimum Gasteiger partial charge on any atom is -0.750 e. The maximum Gasteiger partial charge on any atom is 0.108 e. The molecule has 1 aromatic heterocycles. The summed E-state index contributed by atoms with van der Waals surface area (Å²) in [5.41, 5.74) is 0. The van der Waals surface area contributed by atoms with Gasteiger partial charge < -0.3 is 13.7 Å². The van der Waals surface area contributed by atoms with Gasteiger partial charge in [0.05, 0.1) is 11.4 Å². The molecule has 1 aromatic rings. The van der Waals surface area contributed by atoms with E-state index in [1.165, 1.54) is 18.7 Å². The molecular formula is C8H15N2O3S-. The molecule has 1 unspecified atom stereocenters. The fraction of sp³-hybridized carbons (Fsp3) is 0.625. The Hall–Kier alpha value is -0.720. The summed E-state index contributed by atoms with van der Waals surface area (Å²) >= 11 is -2.86. The van der Waals surface area contributed by atoms with Gasteiger partial charge >= 0.3 is 0 Å². The molecule has 0 amide bonds. The van der Waals surface area contributed by atoms with Crippen molar-refractivity contribution in [1.29, 1.82) is 0 Å². The zero-order valence-electron chi connectivity index (χ0n) is 8.34. The molecule has 0 saturated heterocycles. The van der Waals surface area contributed by atoms with Crippen molar-refractivity contribution < 1.29 is 13.3 Å². The first-order valence-corrected chi connectivity index (χ1v) is 5.35. The van der Waals surface area contributed by atoms with E-state index in [1.54, 1.807) is 0 Å². The molecule has 0 fully saturated rings. The van der Waals surface area contributed by atoms with Gasteiger partial charge in [0.1, 0.15) is 5.82 Å². The van der Waals surface area contributed by atoms with Crippen LogP contribution >= 0.6 is 0 Å². The second-order valence-electron chi connectivity index (χ2n) is 2.78.